The summed E-state index contributed by atoms with van der Waals surface area (Å²) in [4.78, 5) is 12.1. The number of carbonyl (C=O) groups is 1. The maximum atomic E-state index is 12.1. The van der Waals surface area contributed by atoms with Crippen LogP contribution in [0.5, 0.6) is 0 Å². The fraction of sp³-hybridized carbons (Fsp3) is 0.316. The van der Waals surface area contributed by atoms with Crippen molar-refractivity contribution in [2.24, 2.45) is 0 Å². The smallest absolute Gasteiger partial charge is 0.334 e. The Balaban J connectivity index is 1.82. The molecule has 1 aromatic rings. The highest BCUT2D eigenvalue weighted by Crippen LogP contribution is 2.34. The highest BCUT2D eigenvalue weighted by atomic mass is 16.5. The van der Waals surface area contributed by atoms with Crippen molar-refractivity contribution in [2.45, 2.75) is 39.2 Å². The molecule has 0 radical (unpaired) electrons. The van der Waals surface area contributed by atoms with Crippen molar-refractivity contribution >= 4 is 12.0 Å². The molecule has 3 rings (SSSR count). The van der Waals surface area contributed by atoms with E-state index in [0.29, 0.717) is 6.42 Å². The predicted octanol–water partition coefficient (Wildman–Crippen LogP) is 4.22. The molecule has 21 heavy (non-hydrogen) atoms. The van der Waals surface area contributed by atoms with E-state index in [2.05, 4.69) is 36.4 Å². The minimum Gasteiger partial charge on any atom is -0.459 e. The van der Waals surface area contributed by atoms with Crippen LogP contribution in [0, 0.1) is 0 Å². The topological polar surface area (TPSA) is 26.3 Å². The third-order valence-corrected chi connectivity index (χ3v) is 4.19. The first-order valence-corrected chi connectivity index (χ1v) is 7.57. The molecule has 0 fully saturated rings. The van der Waals surface area contributed by atoms with Crippen LogP contribution < -0.4 is 0 Å². The van der Waals surface area contributed by atoms with Gasteiger partial charge in [-0.3, -0.25) is 0 Å². The van der Waals surface area contributed by atoms with Gasteiger partial charge in [-0.1, -0.05) is 49.4 Å². The summed E-state index contributed by atoms with van der Waals surface area (Å²) >= 11 is 0. The molecule has 0 spiro atoms. The first kappa shape index (κ1) is 13.9. The van der Waals surface area contributed by atoms with E-state index in [9.17, 15) is 4.79 Å². The quantitative estimate of drug-likeness (QED) is 0.775. The molecule has 1 unspecified atom stereocenters. The number of ether oxygens (including phenoxy) is 1. The first-order chi connectivity index (χ1) is 10.2. The Hall–Kier alpha value is -2.09. The number of allylic oxidation sites excluding steroid dienone is 4. The van der Waals surface area contributed by atoms with Crippen LogP contribution in [-0.4, -0.2) is 12.1 Å². The van der Waals surface area contributed by atoms with Gasteiger partial charge in [0.05, 0.1) is 6.10 Å². The molecule has 2 nitrogen and oxygen atoms in total. The van der Waals surface area contributed by atoms with E-state index in [-0.39, 0.29) is 12.1 Å². The molecule has 1 aromatic carbocycles. The normalized spacial score (nSPS) is 17.7. The summed E-state index contributed by atoms with van der Waals surface area (Å²) in [6, 6.07) is 8.43. The maximum Gasteiger partial charge on any atom is 0.334 e. The van der Waals surface area contributed by atoms with Gasteiger partial charge in [0.15, 0.2) is 0 Å². The average Bonchev–Trinajstić information content (AvgIpc) is 2.52. The van der Waals surface area contributed by atoms with Crippen molar-refractivity contribution in [1.82, 2.24) is 0 Å². The molecule has 0 amide bonds. The van der Waals surface area contributed by atoms with Gasteiger partial charge in [-0.15, -0.1) is 0 Å². The molecule has 108 valence electrons. The summed E-state index contributed by atoms with van der Waals surface area (Å²) in [6.45, 7) is 3.95. The molecule has 0 saturated carbocycles. The number of rotatable bonds is 3. The summed E-state index contributed by atoms with van der Waals surface area (Å²) in [5.74, 6) is -0.181. The molecular formula is C19H20O2. The Morgan fingerprint density at radius 2 is 2.00 bits per heavy atom. The fourth-order valence-corrected chi connectivity index (χ4v) is 2.71. The molecule has 0 aliphatic heterocycles. The molecule has 0 bridgehead atoms. The van der Waals surface area contributed by atoms with Crippen LogP contribution in [0.15, 0.2) is 53.1 Å². The van der Waals surface area contributed by atoms with Gasteiger partial charge in [-0.2, -0.15) is 0 Å². The van der Waals surface area contributed by atoms with Crippen molar-refractivity contribution in [3.05, 3.63) is 64.3 Å². The fourth-order valence-electron chi connectivity index (χ4n) is 2.71. The van der Waals surface area contributed by atoms with Gasteiger partial charge < -0.3 is 4.74 Å². The third-order valence-electron chi connectivity index (χ3n) is 4.19. The van der Waals surface area contributed by atoms with Gasteiger partial charge >= 0.3 is 5.97 Å². The van der Waals surface area contributed by atoms with E-state index in [1.807, 2.05) is 19.9 Å². The van der Waals surface area contributed by atoms with Crippen molar-refractivity contribution in [1.29, 1.82) is 0 Å². The number of carbonyl (C=O) groups excluding carboxylic acids is 1. The van der Waals surface area contributed by atoms with Crippen LogP contribution in [0.1, 0.15) is 37.8 Å². The number of fused-ring (bicyclic) bond motifs is 2. The van der Waals surface area contributed by atoms with Crippen LogP contribution in [-0.2, 0) is 16.0 Å². The number of esters is 1. The summed E-state index contributed by atoms with van der Waals surface area (Å²) in [6.07, 6.45) is 8.64. The predicted molar refractivity (Wildman–Crippen MR) is 84.8 cm³/mol. The summed E-state index contributed by atoms with van der Waals surface area (Å²) in [5.41, 5.74) is 5.93. The molecule has 2 aliphatic carbocycles. The molecule has 0 N–H and O–H groups in total. The number of hydrogen-bond acceptors (Lipinski definition) is 2. The van der Waals surface area contributed by atoms with E-state index in [1.165, 1.54) is 22.3 Å². The highest BCUT2D eigenvalue weighted by molar-refractivity contribution is 5.91. The van der Waals surface area contributed by atoms with Crippen molar-refractivity contribution in [2.75, 3.05) is 0 Å². The van der Waals surface area contributed by atoms with Gasteiger partial charge in [-0.25, -0.2) is 4.79 Å². The molecule has 0 saturated heterocycles. The van der Waals surface area contributed by atoms with E-state index in [1.54, 1.807) is 0 Å². The second kappa shape index (κ2) is 5.72. The largest absolute Gasteiger partial charge is 0.459 e. The van der Waals surface area contributed by atoms with Crippen molar-refractivity contribution < 1.29 is 9.53 Å². The van der Waals surface area contributed by atoms with E-state index < -0.39 is 0 Å². The lowest BCUT2D eigenvalue weighted by Crippen LogP contribution is -2.18. The SMILES string of the molecule is CCC(C)OC(=O)C1=CC=C2Cc3ccccc3C=C2C1. The molecule has 1 atom stereocenters. The molecule has 0 heterocycles. The lowest BCUT2D eigenvalue weighted by atomic mass is 9.82. The van der Waals surface area contributed by atoms with Gasteiger partial charge in [0.25, 0.3) is 0 Å². The highest BCUT2D eigenvalue weighted by Gasteiger charge is 2.22. The van der Waals surface area contributed by atoms with E-state index in [4.69, 9.17) is 4.74 Å². The zero-order chi connectivity index (χ0) is 14.8. The maximum absolute atomic E-state index is 12.1. The Morgan fingerprint density at radius 1 is 1.19 bits per heavy atom. The van der Waals surface area contributed by atoms with Crippen LogP contribution in [0.2, 0.25) is 0 Å². The summed E-state index contributed by atoms with van der Waals surface area (Å²) < 4.78 is 5.42. The zero-order valence-corrected chi connectivity index (χ0v) is 12.6. The van der Waals surface area contributed by atoms with E-state index in [0.717, 1.165) is 18.4 Å². The first-order valence-electron chi connectivity index (χ1n) is 7.57. The molecule has 2 aliphatic rings. The lowest BCUT2D eigenvalue weighted by molar-refractivity contribution is -0.143. The Labute approximate surface area is 125 Å². The monoisotopic (exact) mass is 280 g/mol. The van der Waals surface area contributed by atoms with Crippen LogP contribution in [0.3, 0.4) is 0 Å². The van der Waals surface area contributed by atoms with Crippen LogP contribution >= 0.6 is 0 Å². The minimum absolute atomic E-state index is 0.0233. The third kappa shape index (κ3) is 2.85. The summed E-state index contributed by atoms with van der Waals surface area (Å²) in [5, 5.41) is 0. The Kier molecular flexibility index (Phi) is 3.78. The minimum atomic E-state index is -0.181. The Morgan fingerprint density at radius 3 is 2.81 bits per heavy atom. The standard InChI is InChI=1S/C19H20O2/c1-3-13(2)21-19(20)17-9-8-16-10-14-6-4-5-7-15(14)11-18(16)12-17/h4-9,11,13H,3,10,12H2,1-2H3. The molecule has 0 aromatic heterocycles. The number of benzene rings is 1. The van der Waals surface area contributed by atoms with Gasteiger partial charge in [0, 0.05) is 12.0 Å². The number of hydrogen-bond donors (Lipinski definition) is 0. The molecule has 2 heteroatoms. The summed E-state index contributed by atoms with van der Waals surface area (Å²) in [7, 11) is 0. The zero-order valence-electron chi connectivity index (χ0n) is 12.6. The Bertz CT molecular complexity index is 662. The van der Waals surface area contributed by atoms with Crippen molar-refractivity contribution in [3.8, 4) is 0 Å². The van der Waals surface area contributed by atoms with Gasteiger partial charge in [0.2, 0.25) is 0 Å². The van der Waals surface area contributed by atoms with Gasteiger partial charge in [-0.05, 0) is 42.0 Å². The van der Waals surface area contributed by atoms with Crippen LogP contribution in [0.25, 0.3) is 6.08 Å². The second-order valence-electron chi connectivity index (χ2n) is 5.73. The van der Waals surface area contributed by atoms with Gasteiger partial charge in [0.1, 0.15) is 0 Å². The lowest BCUT2D eigenvalue weighted by Gasteiger charge is -2.23. The second-order valence-corrected chi connectivity index (χ2v) is 5.73. The van der Waals surface area contributed by atoms with E-state index >= 15 is 0 Å². The van der Waals surface area contributed by atoms with Crippen LogP contribution in [0.4, 0.5) is 0 Å². The average molecular weight is 280 g/mol. The molecular weight excluding hydrogens is 260 g/mol. The van der Waals surface area contributed by atoms with Crippen molar-refractivity contribution in [3.63, 3.8) is 0 Å².